The van der Waals surface area contributed by atoms with Crippen molar-refractivity contribution in [3.8, 4) is 5.75 Å². The first-order valence-electron chi connectivity index (χ1n) is 6.41. The van der Waals surface area contributed by atoms with E-state index >= 15 is 0 Å². The van der Waals surface area contributed by atoms with Crippen LogP contribution in [0.3, 0.4) is 0 Å². The van der Waals surface area contributed by atoms with Gasteiger partial charge >= 0.3 is 0 Å². The summed E-state index contributed by atoms with van der Waals surface area (Å²) in [5, 5.41) is 0. The van der Waals surface area contributed by atoms with Gasteiger partial charge in [-0.15, -0.1) is 0 Å². The Morgan fingerprint density at radius 1 is 1.15 bits per heavy atom. The summed E-state index contributed by atoms with van der Waals surface area (Å²) in [6.07, 6.45) is -0.270. The molecular formula is C16H17BrFNO. The highest BCUT2D eigenvalue weighted by Crippen LogP contribution is 2.28. The number of ether oxygens (including phenoxy) is 1. The molecule has 2 rings (SSSR count). The molecule has 2 N–H and O–H groups in total. The summed E-state index contributed by atoms with van der Waals surface area (Å²) in [7, 11) is 0. The van der Waals surface area contributed by atoms with E-state index in [-0.39, 0.29) is 18.0 Å². The van der Waals surface area contributed by atoms with E-state index in [0.717, 1.165) is 5.56 Å². The molecule has 0 bridgehead atoms. The maximum atomic E-state index is 13.2. The van der Waals surface area contributed by atoms with Crippen LogP contribution in [-0.4, -0.2) is 6.04 Å². The Hall–Kier alpha value is -1.39. The fraction of sp³-hybridized carbons (Fsp3) is 0.250. The lowest BCUT2D eigenvalue weighted by Crippen LogP contribution is -2.29. The molecule has 20 heavy (non-hydrogen) atoms. The van der Waals surface area contributed by atoms with Crippen molar-refractivity contribution in [3.63, 3.8) is 0 Å². The molecule has 2 nitrogen and oxygen atoms in total. The van der Waals surface area contributed by atoms with Gasteiger partial charge in [-0.2, -0.15) is 0 Å². The zero-order valence-electron chi connectivity index (χ0n) is 11.4. The molecule has 2 atom stereocenters. The van der Waals surface area contributed by atoms with Crippen molar-refractivity contribution in [2.75, 3.05) is 0 Å². The number of hydrogen-bond acceptors (Lipinski definition) is 2. The molecule has 106 valence electrons. The minimum atomic E-state index is -0.315. The molecule has 2 unspecified atom stereocenters. The van der Waals surface area contributed by atoms with E-state index in [1.165, 1.54) is 11.6 Å². The number of halogens is 2. The standard InChI is InChI=1S/C16H17BrFNO/c1-10-3-5-12(6-4-10)16(11(2)19)20-13-7-8-15(18)14(17)9-13/h3-9,11,16H,19H2,1-2H3. The largest absolute Gasteiger partial charge is 0.484 e. The van der Waals surface area contributed by atoms with Crippen LogP contribution in [0.1, 0.15) is 24.2 Å². The van der Waals surface area contributed by atoms with Crippen molar-refractivity contribution in [2.24, 2.45) is 5.73 Å². The van der Waals surface area contributed by atoms with Crippen molar-refractivity contribution < 1.29 is 9.13 Å². The third-order valence-corrected chi connectivity index (χ3v) is 3.65. The second-order valence-corrected chi connectivity index (χ2v) is 5.74. The highest BCUT2D eigenvalue weighted by Gasteiger charge is 2.18. The van der Waals surface area contributed by atoms with E-state index in [4.69, 9.17) is 10.5 Å². The van der Waals surface area contributed by atoms with Crippen molar-refractivity contribution >= 4 is 15.9 Å². The maximum absolute atomic E-state index is 13.2. The first-order valence-corrected chi connectivity index (χ1v) is 7.20. The van der Waals surface area contributed by atoms with Crippen molar-refractivity contribution in [3.05, 3.63) is 63.9 Å². The maximum Gasteiger partial charge on any atom is 0.138 e. The molecule has 0 aliphatic rings. The Labute approximate surface area is 126 Å². The Kier molecular flexibility index (Phi) is 4.78. The summed E-state index contributed by atoms with van der Waals surface area (Å²) >= 11 is 3.15. The molecule has 0 aromatic heterocycles. The molecule has 0 radical (unpaired) electrons. The first-order chi connectivity index (χ1) is 9.47. The molecule has 0 heterocycles. The van der Waals surface area contributed by atoms with Gasteiger partial charge in [0, 0.05) is 6.04 Å². The summed E-state index contributed by atoms with van der Waals surface area (Å²) in [6, 6.07) is 12.4. The van der Waals surface area contributed by atoms with Crippen LogP contribution in [0.5, 0.6) is 5.75 Å². The molecular weight excluding hydrogens is 321 g/mol. The third-order valence-electron chi connectivity index (χ3n) is 3.04. The molecule has 0 saturated carbocycles. The van der Waals surface area contributed by atoms with Gasteiger partial charge in [-0.1, -0.05) is 29.8 Å². The van der Waals surface area contributed by atoms with Crippen LogP contribution in [0.4, 0.5) is 4.39 Å². The van der Waals surface area contributed by atoms with E-state index in [9.17, 15) is 4.39 Å². The zero-order valence-corrected chi connectivity index (χ0v) is 13.0. The number of benzene rings is 2. The van der Waals surface area contributed by atoms with Crippen molar-refractivity contribution in [2.45, 2.75) is 26.0 Å². The van der Waals surface area contributed by atoms with Gasteiger partial charge in [-0.25, -0.2) is 4.39 Å². The van der Waals surface area contributed by atoms with Crippen LogP contribution in [0, 0.1) is 12.7 Å². The smallest absolute Gasteiger partial charge is 0.138 e. The molecule has 0 aliphatic heterocycles. The average Bonchev–Trinajstić information content (AvgIpc) is 2.41. The summed E-state index contributed by atoms with van der Waals surface area (Å²) < 4.78 is 19.5. The van der Waals surface area contributed by atoms with E-state index in [1.807, 2.05) is 38.1 Å². The Balaban J connectivity index is 2.25. The average molecular weight is 338 g/mol. The fourth-order valence-electron chi connectivity index (χ4n) is 1.93. The summed E-state index contributed by atoms with van der Waals surface area (Å²) in [6.45, 7) is 3.92. The molecule has 0 aliphatic carbocycles. The van der Waals surface area contributed by atoms with Gasteiger partial charge in [0.05, 0.1) is 4.47 Å². The lowest BCUT2D eigenvalue weighted by Gasteiger charge is -2.23. The quantitative estimate of drug-likeness (QED) is 0.899. The van der Waals surface area contributed by atoms with Crippen LogP contribution < -0.4 is 10.5 Å². The van der Waals surface area contributed by atoms with Gasteiger partial charge in [0.15, 0.2) is 0 Å². The molecule has 2 aromatic carbocycles. The lowest BCUT2D eigenvalue weighted by atomic mass is 10.0. The predicted octanol–water partition coefficient (Wildman–Crippen LogP) is 4.36. The van der Waals surface area contributed by atoms with Gasteiger partial charge in [-0.05, 0) is 53.5 Å². The van der Waals surface area contributed by atoms with Crippen LogP contribution in [0.25, 0.3) is 0 Å². The highest BCUT2D eigenvalue weighted by atomic mass is 79.9. The number of aryl methyl sites for hydroxylation is 1. The van der Waals surface area contributed by atoms with Gasteiger partial charge in [0.1, 0.15) is 17.7 Å². The fourth-order valence-corrected chi connectivity index (χ4v) is 2.29. The monoisotopic (exact) mass is 337 g/mol. The van der Waals surface area contributed by atoms with Crippen molar-refractivity contribution in [1.29, 1.82) is 0 Å². The van der Waals surface area contributed by atoms with Gasteiger partial charge in [0.2, 0.25) is 0 Å². The van der Waals surface area contributed by atoms with Gasteiger partial charge in [0.25, 0.3) is 0 Å². The molecule has 0 amide bonds. The molecule has 0 fully saturated rings. The Bertz CT molecular complexity index is 584. The number of hydrogen-bond donors (Lipinski definition) is 1. The zero-order chi connectivity index (χ0) is 14.7. The van der Waals surface area contributed by atoms with Crippen LogP contribution in [-0.2, 0) is 0 Å². The van der Waals surface area contributed by atoms with Crippen molar-refractivity contribution in [1.82, 2.24) is 0 Å². The second-order valence-electron chi connectivity index (χ2n) is 4.88. The van der Waals surface area contributed by atoms with Crippen LogP contribution in [0.2, 0.25) is 0 Å². The van der Waals surface area contributed by atoms with E-state index in [2.05, 4.69) is 15.9 Å². The summed E-state index contributed by atoms with van der Waals surface area (Å²) in [5.74, 6) is 0.270. The molecule has 0 spiro atoms. The van der Waals surface area contributed by atoms with Gasteiger partial charge in [-0.3, -0.25) is 0 Å². The van der Waals surface area contributed by atoms with Crippen LogP contribution >= 0.6 is 15.9 Å². The Morgan fingerprint density at radius 2 is 1.80 bits per heavy atom. The third kappa shape index (κ3) is 3.58. The highest BCUT2D eigenvalue weighted by molar-refractivity contribution is 9.10. The molecule has 0 saturated heterocycles. The lowest BCUT2D eigenvalue weighted by molar-refractivity contribution is 0.180. The minimum absolute atomic E-state index is 0.179. The van der Waals surface area contributed by atoms with Crippen LogP contribution in [0.15, 0.2) is 46.9 Å². The minimum Gasteiger partial charge on any atom is -0.484 e. The van der Waals surface area contributed by atoms with Gasteiger partial charge < -0.3 is 10.5 Å². The predicted molar refractivity (Wildman–Crippen MR) is 82.3 cm³/mol. The van der Waals surface area contributed by atoms with E-state index in [0.29, 0.717) is 10.2 Å². The molecule has 4 heteroatoms. The van der Waals surface area contributed by atoms with E-state index < -0.39 is 0 Å². The molecule has 2 aromatic rings. The number of rotatable bonds is 4. The Morgan fingerprint density at radius 3 is 2.35 bits per heavy atom. The summed E-state index contributed by atoms with van der Waals surface area (Å²) in [5.41, 5.74) is 8.20. The first kappa shape index (κ1) is 15.0. The topological polar surface area (TPSA) is 35.2 Å². The number of nitrogens with two attached hydrogens (primary N) is 1. The summed E-state index contributed by atoms with van der Waals surface area (Å²) in [4.78, 5) is 0. The SMILES string of the molecule is Cc1ccc(C(Oc2ccc(F)c(Br)c2)C(C)N)cc1. The normalized spacial score (nSPS) is 13.8. The van der Waals surface area contributed by atoms with E-state index in [1.54, 1.807) is 12.1 Å². The second kappa shape index (κ2) is 6.37.